The highest BCUT2D eigenvalue weighted by molar-refractivity contribution is 5.80. The maximum atomic E-state index is 10.9. The van der Waals surface area contributed by atoms with E-state index in [-0.39, 0.29) is 6.54 Å². The van der Waals surface area contributed by atoms with E-state index in [0.29, 0.717) is 28.9 Å². The number of ether oxygens (including phenoxy) is 2. The molecule has 6 nitrogen and oxygen atoms in total. The summed E-state index contributed by atoms with van der Waals surface area (Å²) in [5.41, 5.74) is 0.686. The molecule has 0 spiro atoms. The molecular weight excluding hydrogens is 250 g/mol. The highest BCUT2D eigenvalue weighted by Crippen LogP contribution is 2.33. The van der Waals surface area contributed by atoms with E-state index in [1.165, 1.54) is 26.4 Å². The number of nitrogens with one attached hydrogen (secondary N) is 1. The molecule has 2 unspecified atom stereocenters. The fraction of sp³-hybridized carbons (Fsp3) is 0.462. The second-order valence-corrected chi connectivity index (χ2v) is 4.02. The van der Waals surface area contributed by atoms with Gasteiger partial charge >= 0.3 is 0 Å². The monoisotopic (exact) mass is 269 g/mol. The molecule has 0 aromatic heterocycles. The molecule has 0 amide bonds. The molecule has 0 saturated carbocycles. The molecule has 0 aliphatic rings. The average Bonchev–Trinajstić information content (AvgIpc) is 2.45. The van der Waals surface area contributed by atoms with Crippen LogP contribution < -0.4 is 14.8 Å². The molecular formula is C13H19NO5. The fourth-order valence-corrected chi connectivity index (χ4v) is 1.80. The quantitative estimate of drug-likeness (QED) is 0.610. The first-order valence-electron chi connectivity index (χ1n) is 5.80. The van der Waals surface area contributed by atoms with Crippen molar-refractivity contribution < 1.29 is 24.5 Å². The standard InChI is InChI=1S/C13H19NO5/c1-14-6-10(16)13(17)9-5-11(18-2)8(7-15)4-12(9)19-3/h4-5,7,10,13-14,16-17H,6H2,1-3H3. The Hall–Kier alpha value is -1.63. The lowest BCUT2D eigenvalue weighted by Gasteiger charge is -2.21. The third-order valence-corrected chi connectivity index (χ3v) is 2.81. The van der Waals surface area contributed by atoms with Gasteiger partial charge in [-0.25, -0.2) is 0 Å². The smallest absolute Gasteiger partial charge is 0.153 e. The van der Waals surface area contributed by atoms with Crippen molar-refractivity contribution in [3.63, 3.8) is 0 Å². The van der Waals surface area contributed by atoms with E-state index >= 15 is 0 Å². The zero-order chi connectivity index (χ0) is 14.4. The minimum absolute atomic E-state index is 0.224. The lowest BCUT2D eigenvalue weighted by molar-refractivity contribution is 0.0187. The highest BCUT2D eigenvalue weighted by atomic mass is 16.5. The number of methoxy groups -OCH3 is 2. The number of hydrogen-bond donors (Lipinski definition) is 3. The molecule has 1 rings (SSSR count). The van der Waals surface area contributed by atoms with Gasteiger partial charge in [0.1, 0.15) is 17.6 Å². The molecule has 106 valence electrons. The number of aliphatic hydroxyl groups is 2. The fourth-order valence-electron chi connectivity index (χ4n) is 1.80. The molecule has 0 aliphatic carbocycles. The zero-order valence-electron chi connectivity index (χ0n) is 11.2. The highest BCUT2D eigenvalue weighted by Gasteiger charge is 2.23. The van der Waals surface area contributed by atoms with E-state index in [9.17, 15) is 15.0 Å². The molecule has 0 bridgehead atoms. The number of benzene rings is 1. The summed E-state index contributed by atoms with van der Waals surface area (Å²) in [5.74, 6) is 0.645. The van der Waals surface area contributed by atoms with Crippen LogP contribution in [0.15, 0.2) is 12.1 Å². The van der Waals surface area contributed by atoms with Crippen molar-refractivity contribution in [1.29, 1.82) is 0 Å². The first kappa shape index (κ1) is 15.4. The van der Waals surface area contributed by atoms with Gasteiger partial charge in [-0.2, -0.15) is 0 Å². The maximum absolute atomic E-state index is 10.9. The van der Waals surface area contributed by atoms with Crippen LogP contribution in [0.4, 0.5) is 0 Å². The van der Waals surface area contributed by atoms with Crippen LogP contribution in [0.2, 0.25) is 0 Å². The molecule has 0 heterocycles. The number of likely N-dealkylation sites (N-methyl/N-ethyl adjacent to an activating group) is 1. The largest absolute Gasteiger partial charge is 0.496 e. The SMILES string of the molecule is CNCC(O)C(O)c1cc(OC)c(C=O)cc1OC. The van der Waals surface area contributed by atoms with Gasteiger partial charge in [-0.1, -0.05) is 0 Å². The topological polar surface area (TPSA) is 88.0 Å². The Kier molecular flexibility index (Phi) is 5.75. The summed E-state index contributed by atoms with van der Waals surface area (Å²) in [6, 6.07) is 2.96. The van der Waals surface area contributed by atoms with Gasteiger partial charge in [-0.15, -0.1) is 0 Å². The second kappa shape index (κ2) is 7.08. The normalized spacial score (nSPS) is 13.7. The van der Waals surface area contributed by atoms with E-state index in [1.54, 1.807) is 7.05 Å². The Morgan fingerprint density at radius 2 is 1.89 bits per heavy atom. The Morgan fingerprint density at radius 1 is 1.26 bits per heavy atom. The molecule has 2 atom stereocenters. The predicted molar refractivity (Wildman–Crippen MR) is 69.8 cm³/mol. The van der Waals surface area contributed by atoms with Gasteiger partial charge in [0, 0.05) is 12.1 Å². The van der Waals surface area contributed by atoms with Crippen LogP contribution in [0.1, 0.15) is 22.0 Å². The number of aliphatic hydroxyl groups excluding tert-OH is 2. The van der Waals surface area contributed by atoms with Crippen molar-refractivity contribution in [3.8, 4) is 11.5 Å². The summed E-state index contributed by atoms with van der Waals surface area (Å²) in [4.78, 5) is 10.9. The first-order chi connectivity index (χ1) is 9.08. The first-order valence-corrected chi connectivity index (χ1v) is 5.80. The van der Waals surface area contributed by atoms with Crippen LogP contribution in [-0.2, 0) is 0 Å². The predicted octanol–water partition coefficient (Wildman–Crippen LogP) is 0.130. The van der Waals surface area contributed by atoms with Crippen molar-refractivity contribution >= 4 is 6.29 Å². The van der Waals surface area contributed by atoms with Crippen molar-refractivity contribution in [2.24, 2.45) is 0 Å². The van der Waals surface area contributed by atoms with Crippen molar-refractivity contribution in [2.45, 2.75) is 12.2 Å². The van der Waals surface area contributed by atoms with Crippen molar-refractivity contribution in [2.75, 3.05) is 27.8 Å². The zero-order valence-corrected chi connectivity index (χ0v) is 11.2. The lowest BCUT2D eigenvalue weighted by atomic mass is 10.0. The average molecular weight is 269 g/mol. The number of carbonyl (C=O) groups excluding carboxylic acids is 1. The van der Waals surface area contributed by atoms with Crippen LogP contribution in [0, 0.1) is 0 Å². The van der Waals surface area contributed by atoms with Gasteiger partial charge in [-0.05, 0) is 19.2 Å². The molecule has 0 saturated heterocycles. The molecule has 0 radical (unpaired) electrons. The Labute approximate surface area is 112 Å². The number of hydrogen-bond acceptors (Lipinski definition) is 6. The second-order valence-electron chi connectivity index (χ2n) is 4.02. The van der Waals surface area contributed by atoms with Gasteiger partial charge in [0.2, 0.25) is 0 Å². The van der Waals surface area contributed by atoms with Crippen molar-refractivity contribution in [1.82, 2.24) is 5.32 Å². The van der Waals surface area contributed by atoms with Crippen LogP contribution in [0.25, 0.3) is 0 Å². The van der Waals surface area contributed by atoms with Crippen molar-refractivity contribution in [3.05, 3.63) is 23.3 Å². The van der Waals surface area contributed by atoms with Gasteiger partial charge in [0.05, 0.1) is 25.9 Å². The summed E-state index contributed by atoms with van der Waals surface area (Å²) in [7, 11) is 4.52. The van der Waals surface area contributed by atoms with Gasteiger partial charge < -0.3 is 25.0 Å². The van der Waals surface area contributed by atoms with E-state index in [2.05, 4.69) is 5.32 Å². The minimum Gasteiger partial charge on any atom is -0.496 e. The summed E-state index contributed by atoms with van der Waals surface area (Å²) in [6.45, 7) is 0.224. The third kappa shape index (κ3) is 3.44. The minimum atomic E-state index is -1.14. The molecule has 19 heavy (non-hydrogen) atoms. The Morgan fingerprint density at radius 3 is 2.37 bits per heavy atom. The van der Waals surface area contributed by atoms with Crippen LogP contribution >= 0.6 is 0 Å². The lowest BCUT2D eigenvalue weighted by Crippen LogP contribution is -2.29. The molecule has 1 aromatic rings. The Balaban J connectivity index is 3.21. The van der Waals surface area contributed by atoms with Crippen LogP contribution in [0.3, 0.4) is 0 Å². The van der Waals surface area contributed by atoms with E-state index in [1.807, 2.05) is 0 Å². The molecule has 1 aromatic carbocycles. The van der Waals surface area contributed by atoms with E-state index < -0.39 is 12.2 Å². The molecule has 0 aliphatic heterocycles. The van der Waals surface area contributed by atoms with Crippen LogP contribution in [0.5, 0.6) is 11.5 Å². The van der Waals surface area contributed by atoms with Gasteiger partial charge in [-0.3, -0.25) is 4.79 Å². The molecule has 6 heteroatoms. The van der Waals surface area contributed by atoms with Gasteiger partial charge in [0.25, 0.3) is 0 Å². The summed E-state index contributed by atoms with van der Waals surface area (Å²) >= 11 is 0. The Bertz CT molecular complexity index is 435. The summed E-state index contributed by atoms with van der Waals surface area (Å²) < 4.78 is 10.2. The number of rotatable bonds is 7. The summed E-state index contributed by atoms with van der Waals surface area (Å²) in [6.07, 6.45) is -1.50. The number of aldehydes is 1. The molecule has 0 fully saturated rings. The third-order valence-electron chi connectivity index (χ3n) is 2.81. The van der Waals surface area contributed by atoms with E-state index in [4.69, 9.17) is 9.47 Å². The van der Waals surface area contributed by atoms with Crippen LogP contribution in [-0.4, -0.2) is 50.4 Å². The number of carbonyl (C=O) groups is 1. The maximum Gasteiger partial charge on any atom is 0.153 e. The molecule has 3 N–H and O–H groups in total. The summed E-state index contributed by atoms with van der Waals surface area (Å²) in [5, 5.41) is 22.7. The van der Waals surface area contributed by atoms with E-state index in [0.717, 1.165) is 0 Å². The van der Waals surface area contributed by atoms with Gasteiger partial charge in [0.15, 0.2) is 6.29 Å².